The van der Waals surface area contributed by atoms with Gasteiger partial charge in [0.25, 0.3) is 5.91 Å². The van der Waals surface area contributed by atoms with Crippen molar-refractivity contribution in [3.63, 3.8) is 0 Å². The van der Waals surface area contributed by atoms with Gasteiger partial charge >= 0.3 is 0 Å². The smallest absolute Gasteiger partial charge is 0.258 e. The minimum Gasteiger partial charge on any atom is -0.494 e. The number of thioether (sulfide) groups is 1. The summed E-state index contributed by atoms with van der Waals surface area (Å²) in [7, 11) is 0. The number of halogens is 1. The molecule has 0 aliphatic heterocycles. The van der Waals surface area contributed by atoms with Crippen molar-refractivity contribution in [2.45, 2.75) is 25.8 Å². The zero-order chi connectivity index (χ0) is 23.1. The van der Waals surface area contributed by atoms with E-state index < -0.39 is 0 Å². The first-order chi connectivity index (χ1) is 15.4. The Hall–Kier alpha value is -3.03. The van der Waals surface area contributed by atoms with Gasteiger partial charge in [0.15, 0.2) is 0 Å². The summed E-state index contributed by atoms with van der Waals surface area (Å²) < 4.78 is 5.43. The van der Waals surface area contributed by atoms with Crippen LogP contribution in [0.4, 0.5) is 11.4 Å². The highest BCUT2D eigenvalue weighted by atomic mass is 35.5. The van der Waals surface area contributed by atoms with Crippen molar-refractivity contribution in [2.75, 3.05) is 23.0 Å². The first-order valence-electron chi connectivity index (χ1n) is 10.1. The Morgan fingerprint density at radius 2 is 1.78 bits per heavy atom. The summed E-state index contributed by atoms with van der Waals surface area (Å²) in [6.45, 7) is 6.20. The number of rotatable bonds is 8. The number of aryl methyl sites for hydroxylation is 2. The molecule has 6 nitrogen and oxygen atoms in total. The summed E-state index contributed by atoms with van der Waals surface area (Å²) in [6.07, 6.45) is 0. The number of para-hydroxylation sites is 1. The van der Waals surface area contributed by atoms with Crippen LogP contribution in [0, 0.1) is 13.8 Å². The molecule has 0 aliphatic carbocycles. The van der Waals surface area contributed by atoms with Crippen molar-refractivity contribution in [2.24, 2.45) is 0 Å². The number of benzene rings is 2. The molecule has 32 heavy (non-hydrogen) atoms. The highest BCUT2D eigenvalue weighted by Crippen LogP contribution is 2.27. The highest BCUT2D eigenvalue weighted by molar-refractivity contribution is 8.00. The van der Waals surface area contributed by atoms with E-state index in [9.17, 15) is 9.59 Å². The predicted octanol–water partition coefficient (Wildman–Crippen LogP) is 5.73. The normalized spacial score (nSPS) is 10.5. The number of ether oxygens (including phenoxy) is 1. The molecular formula is C24H24ClN3O3S. The molecule has 3 aromatic rings. The van der Waals surface area contributed by atoms with E-state index in [-0.39, 0.29) is 17.6 Å². The Morgan fingerprint density at radius 1 is 1.06 bits per heavy atom. The topological polar surface area (TPSA) is 80.3 Å². The Balaban J connectivity index is 1.73. The first kappa shape index (κ1) is 23.6. The minimum atomic E-state index is -0.284. The third-order valence-electron chi connectivity index (χ3n) is 4.45. The Labute approximate surface area is 196 Å². The number of carbonyl (C=O) groups is 2. The maximum Gasteiger partial charge on any atom is 0.258 e. The van der Waals surface area contributed by atoms with Crippen LogP contribution in [-0.2, 0) is 4.79 Å². The minimum absolute atomic E-state index is 0.0877. The second kappa shape index (κ2) is 11.0. The second-order valence-corrected chi connectivity index (χ2v) is 8.36. The van der Waals surface area contributed by atoms with E-state index in [0.717, 1.165) is 17.0 Å². The summed E-state index contributed by atoms with van der Waals surface area (Å²) in [4.78, 5) is 30.0. The lowest BCUT2D eigenvalue weighted by atomic mass is 10.1. The average Bonchev–Trinajstić information content (AvgIpc) is 2.75. The lowest BCUT2D eigenvalue weighted by Crippen LogP contribution is -2.18. The molecule has 0 aliphatic rings. The van der Waals surface area contributed by atoms with E-state index in [4.69, 9.17) is 16.3 Å². The van der Waals surface area contributed by atoms with Crippen LogP contribution in [0.3, 0.4) is 0 Å². The number of anilines is 2. The van der Waals surface area contributed by atoms with E-state index in [1.165, 1.54) is 11.8 Å². The standard InChI is InChI=1S/C24H24ClN3O3S/c1-4-31-18-11-9-17(10-12-18)27-23(30)22-15(2)13-16(3)26-24(22)32-14-21(29)28-20-8-6-5-7-19(20)25/h5-13H,4,14H2,1-3H3,(H,27,30)(H,28,29). The van der Waals surface area contributed by atoms with Crippen LogP contribution in [0.15, 0.2) is 59.6 Å². The van der Waals surface area contributed by atoms with Crippen LogP contribution >= 0.6 is 23.4 Å². The van der Waals surface area contributed by atoms with Crippen molar-refractivity contribution >= 4 is 46.6 Å². The summed E-state index contributed by atoms with van der Waals surface area (Å²) in [5, 5.41) is 6.64. The molecule has 166 valence electrons. The molecule has 1 heterocycles. The quantitative estimate of drug-likeness (QED) is 0.411. The van der Waals surface area contributed by atoms with Crippen molar-refractivity contribution < 1.29 is 14.3 Å². The van der Waals surface area contributed by atoms with E-state index in [0.29, 0.717) is 33.6 Å². The molecule has 0 spiro atoms. The van der Waals surface area contributed by atoms with Crippen LogP contribution in [0.1, 0.15) is 28.5 Å². The molecule has 0 saturated carbocycles. The molecule has 8 heteroatoms. The number of pyridine rings is 1. The molecule has 0 unspecified atom stereocenters. The number of hydrogen-bond acceptors (Lipinski definition) is 5. The fourth-order valence-corrected chi connectivity index (χ4v) is 4.19. The van der Waals surface area contributed by atoms with E-state index in [2.05, 4.69) is 15.6 Å². The molecule has 2 amide bonds. The Bertz CT molecular complexity index is 1120. The molecule has 0 radical (unpaired) electrons. The molecule has 0 bridgehead atoms. The van der Waals surface area contributed by atoms with Gasteiger partial charge in [-0.2, -0.15) is 0 Å². The SMILES string of the molecule is CCOc1ccc(NC(=O)c2c(C)cc(C)nc2SCC(=O)Nc2ccccc2Cl)cc1. The number of nitrogens with zero attached hydrogens (tertiary/aromatic N) is 1. The molecule has 2 N–H and O–H groups in total. The largest absolute Gasteiger partial charge is 0.494 e. The maximum absolute atomic E-state index is 13.0. The zero-order valence-electron chi connectivity index (χ0n) is 18.1. The van der Waals surface area contributed by atoms with Gasteiger partial charge in [-0.25, -0.2) is 4.98 Å². The third-order valence-corrected chi connectivity index (χ3v) is 5.75. The summed E-state index contributed by atoms with van der Waals surface area (Å²) in [5.74, 6) is 0.305. The molecule has 1 aromatic heterocycles. The second-order valence-electron chi connectivity index (χ2n) is 6.99. The Kier molecular flexibility index (Phi) is 8.14. The fraction of sp³-hybridized carbons (Fsp3) is 0.208. The van der Waals surface area contributed by atoms with Crippen molar-refractivity contribution in [3.05, 3.63) is 76.4 Å². The van der Waals surface area contributed by atoms with Crippen LogP contribution in [0.25, 0.3) is 0 Å². The monoisotopic (exact) mass is 469 g/mol. The summed E-state index contributed by atoms with van der Waals surface area (Å²) in [6, 6.07) is 16.0. The van der Waals surface area contributed by atoms with Gasteiger partial charge in [-0.05, 0) is 68.8 Å². The Morgan fingerprint density at radius 3 is 2.47 bits per heavy atom. The van der Waals surface area contributed by atoms with Crippen molar-refractivity contribution in [3.8, 4) is 5.75 Å². The molecule has 2 aromatic carbocycles. The van der Waals surface area contributed by atoms with Crippen LogP contribution in [0.5, 0.6) is 5.75 Å². The lowest BCUT2D eigenvalue weighted by Gasteiger charge is -2.14. The number of aromatic nitrogens is 1. The number of amides is 2. The van der Waals surface area contributed by atoms with E-state index in [1.54, 1.807) is 48.5 Å². The van der Waals surface area contributed by atoms with E-state index >= 15 is 0 Å². The zero-order valence-corrected chi connectivity index (χ0v) is 19.6. The van der Waals surface area contributed by atoms with Crippen LogP contribution in [0.2, 0.25) is 5.02 Å². The van der Waals surface area contributed by atoms with Gasteiger partial charge in [0.2, 0.25) is 5.91 Å². The summed E-state index contributed by atoms with van der Waals surface area (Å²) >= 11 is 7.31. The summed E-state index contributed by atoms with van der Waals surface area (Å²) in [5.41, 5.74) is 3.19. The first-order valence-corrected chi connectivity index (χ1v) is 11.4. The average molecular weight is 470 g/mol. The van der Waals surface area contributed by atoms with Crippen molar-refractivity contribution in [1.82, 2.24) is 4.98 Å². The molecule has 0 fully saturated rings. The van der Waals surface area contributed by atoms with Gasteiger partial charge in [0.1, 0.15) is 10.8 Å². The van der Waals surface area contributed by atoms with Gasteiger partial charge in [-0.1, -0.05) is 35.5 Å². The van der Waals surface area contributed by atoms with Crippen LogP contribution < -0.4 is 15.4 Å². The number of hydrogen-bond donors (Lipinski definition) is 2. The lowest BCUT2D eigenvalue weighted by molar-refractivity contribution is -0.113. The molecular weight excluding hydrogens is 446 g/mol. The predicted molar refractivity (Wildman–Crippen MR) is 130 cm³/mol. The number of carbonyl (C=O) groups excluding carboxylic acids is 2. The van der Waals surface area contributed by atoms with Gasteiger partial charge in [0, 0.05) is 11.4 Å². The van der Waals surface area contributed by atoms with Gasteiger partial charge < -0.3 is 15.4 Å². The van der Waals surface area contributed by atoms with Crippen LogP contribution in [-0.4, -0.2) is 29.2 Å². The fourth-order valence-electron chi connectivity index (χ4n) is 3.06. The van der Waals surface area contributed by atoms with Crippen molar-refractivity contribution in [1.29, 1.82) is 0 Å². The molecule has 0 atom stereocenters. The number of nitrogens with one attached hydrogen (secondary N) is 2. The van der Waals surface area contributed by atoms with Gasteiger partial charge in [-0.15, -0.1) is 0 Å². The molecule has 0 saturated heterocycles. The molecule has 3 rings (SSSR count). The van der Waals surface area contributed by atoms with Gasteiger partial charge in [-0.3, -0.25) is 9.59 Å². The van der Waals surface area contributed by atoms with E-state index in [1.807, 2.05) is 26.8 Å². The maximum atomic E-state index is 13.0. The van der Waals surface area contributed by atoms with Gasteiger partial charge in [0.05, 0.1) is 28.6 Å². The highest BCUT2D eigenvalue weighted by Gasteiger charge is 2.19. The third kappa shape index (κ3) is 6.24.